The highest BCUT2D eigenvalue weighted by Gasteiger charge is 2.43. The first kappa shape index (κ1) is 24.3. The van der Waals surface area contributed by atoms with E-state index in [1.807, 2.05) is 0 Å². The minimum absolute atomic E-state index is 0. The van der Waals surface area contributed by atoms with Crippen LogP contribution >= 0.6 is 0 Å². The van der Waals surface area contributed by atoms with Gasteiger partial charge < -0.3 is 10.5 Å². The Bertz CT molecular complexity index is 1050. The maximum Gasteiger partial charge on any atom is 0.417 e. The SMILES string of the molecule is C=CN.Cn1cc(-c2ccc(S(=O)(=O)[C@@H]3CC[C@H](OC4CCC4)C3)c(C(F)(F)F)c2)cn1.[HH]. The number of alkyl halides is 3. The summed E-state index contributed by atoms with van der Waals surface area (Å²) in [5.41, 5.74) is 4.26. The number of aromatic nitrogens is 2. The molecule has 1 aromatic heterocycles. The van der Waals surface area contributed by atoms with Crippen LogP contribution in [0.1, 0.15) is 45.5 Å². The topological polar surface area (TPSA) is 87.2 Å². The zero-order valence-electron chi connectivity index (χ0n) is 17.9. The molecule has 0 amide bonds. The van der Waals surface area contributed by atoms with Gasteiger partial charge in [-0.25, -0.2) is 8.42 Å². The first-order valence-electron chi connectivity index (χ1n) is 10.5. The molecule has 2 atom stereocenters. The highest BCUT2D eigenvalue weighted by atomic mass is 32.2. The van der Waals surface area contributed by atoms with Crippen molar-refractivity contribution < 1.29 is 27.8 Å². The minimum atomic E-state index is -4.78. The molecule has 2 N–H and O–H groups in total. The van der Waals surface area contributed by atoms with Crippen LogP contribution in [0.4, 0.5) is 13.2 Å². The molecule has 178 valence electrons. The Labute approximate surface area is 187 Å². The van der Waals surface area contributed by atoms with Crippen molar-refractivity contribution in [3.8, 4) is 11.1 Å². The van der Waals surface area contributed by atoms with Gasteiger partial charge >= 0.3 is 6.18 Å². The lowest BCUT2D eigenvalue weighted by molar-refractivity contribution is -0.139. The molecule has 0 radical (unpaired) electrons. The summed E-state index contributed by atoms with van der Waals surface area (Å²) in [6, 6.07) is 3.40. The quantitative estimate of drug-likeness (QED) is 0.680. The molecule has 4 rings (SSSR count). The van der Waals surface area contributed by atoms with E-state index < -0.39 is 31.7 Å². The largest absolute Gasteiger partial charge is 0.417 e. The average Bonchev–Trinajstić information content (AvgIpc) is 3.34. The molecule has 2 aromatic rings. The number of benzene rings is 1. The number of nitrogens with zero attached hydrogens (tertiary/aromatic N) is 2. The molecular weight excluding hydrogens is 443 g/mol. The first-order chi connectivity index (χ1) is 15.1. The third kappa shape index (κ3) is 5.35. The average molecular weight is 474 g/mol. The first-order valence-corrected chi connectivity index (χ1v) is 12.0. The van der Waals surface area contributed by atoms with Gasteiger partial charge in [-0.2, -0.15) is 18.3 Å². The monoisotopic (exact) mass is 473 g/mol. The van der Waals surface area contributed by atoms with E-state index in [1.54, 1.807) is 13.2 Å². The molecular formula is C22H30F3N3O3S. The number of sulfone groups is 1. The summed E-state index contributed by atoms with van der Waals surface area (Å²) in [6.07, 6.45) is 3.68. The van der Waals surface area contributed by atoms with Crippen LogP contribution in [-0.2, 0) is 27.8 Å². The summed E-state index contributed by atoms with van der Waals surface area (Å²) >= 11 is 0. The van der Waals surface area contributed by atoms with E-state index in [0.29, 0.717) is 18.4 Å². The van der Waals surface area contributed by atoms with Crippen molar-refractivity contribution in [3.63, 3.8) is 0 Å². The number of aryl methyl sites for hydroxylation is 1. The summed E-state index contributed by atoms with van der Waals surface area (Å²) < 4.78 is 74.8. The Kier molecular flexibility index (Phi) is 7.34. The van der Waals surface area contributed by atoms with E-state index in [9.17, 15) is 21.6 Å². The zero-order valence-corrected chi connectivity index (χ0v) is 18.7. The molecule has 2 aliphatic carbocycles. The predicted molar refractivity (Wildman–Crippen MR) is 117 cm³/mol. The van der Waals surface area contributed by atoms with Gasteiger partial charge in [0, 0.05) is 20.2 Å². The van der Waals surface area contributed by atoms with Gasteiger partial charge in [0.05, 0.1) is 34.1 Å². The lowest BCUT2D eigenvalue weighted by atomic mass is 9.96. The Hall–Kier alpha value is -2.33. The molecule has 2 fully saturated rings. The summed E-state index contributed by atoms with van der Waals surface area (Å²) in [6.45, 7) is 3.14. The minimum Gasteiger partial charge on any atom is -0.405 e. The summed E-state index contributed by atoms with van der Waals surface area (Å²) in [7, 11) is -2.46. The second kappa shape index (κ2) is 9.66. The fraction of sp³-hybridized carbons (Fsp3) is 0.500. The van der Waals surface area contributed by atoms with E-state index in [1.165, 1.54) is 23.1 Å². The molecule has 6 nitrogen and oxygen atoms in total. The number of rotatable bonds is 5. The lowest BCUT2D eigenvalue weighted by Gasteiger charge is -2.29. The molecule has 0 saturated heterocycles. The molecule has 0 aliphatic heterocycles. The van der Waals surface area contributed by atoms with Gasteiger partial charge in [-0.05, 0) is 62.4 Å². The number of hydrogen-bond donors (Lipinski definition) is 1. The van der Waals surface area contributed by atoms with E-state index in [4.69, 9.17) is 4.74 Å². The van der Waals surface area contributed by atoms with Crippen LogP contribution < -0.4 is 5.73 Å². The number of ether oxygens (including phenoxy) is 1. The van der Waals surface area contributed by atoms with Crippen molar-refractivity contribution in [2.45, 2.75) is 67.1 Å². The lowest BCUT2D eigenvalue weighted by Crippen LogP contribution is -2.28. The van der Waals surface area contributed by atoms with Crippen LogP contribution in [0.25, 0.3) is 11.1 Å². The van der Waals surface area contributed by atoms with Gasteiger partial charge in [0.1, 0.15) is 0 Å². The fourth-order valence-corrected chi connectivity index (χ4v) is 6.03. The summed E-state index contributed by atoms with van der Waals surface area (Å²) in [5, 5.41) is 3.12. The molecule has 2 aliphatic rings. The maximum absolute atomic E-state index is 13.8. The summed E-state index contributed by atoms with van der Waals surface area (Å²) in [5.74, 6) is 0. The van der Waals surface area contributed by atoms with E-state index >= 15 is 0 Å². The number of hydrogen-bond acceptors (Lipinski definition) is 5. The Morgan fingerprint density at radius 2 is 1.91 bits per heavy atom. The van der Waals surface area contributed by atoms with Gasteiger partial charge in [0.15, 0.2) is 9.84 Å². The Balaban J connectivity index is 0.000000914. The van der Waals surface area contributed by atoms with E-state index in [-0.39, 0.29) is 25.6 Å². The third-order valence-electron chi connectivity index (χ3n) is 5.84. The molecule has 0 unspecified atom stereocenters. The van der Waals surface area contributed by atoms with Crippen LogP contribution in [0, 0.1) is 0 Å². The molecule has 10 heteroatoms. The molecule has 1 heterocycles. The van der Waals surface area contributed by atoms with Crippen molar-refractivity contribution in [1.29, 1.82) is 0 Å². The van der Waals surface area contributed by atoms with Gasteiger partial charge in [0.25, 0.3) is 0 Å². The van der Waals surface area contributed by atoms with Crippen molar-refractivity contribution in [2.75, 3.05) is 0 Å². The standard InChI is InChI=1S/C20H23F3N2O3S.C2H5N.H2/c1-25-12-14(11-24-25)13-5-8-19(18(9-13)20(21,22)23)29(26,27)17-7-6-16(10-17)28-15-3-2-4-15;1-2-3;/h5,8-9,11-12,15-17H,2-4,6-7,10H2,1H3;2H,1,3H2;1H/t16-,17+;;/m0../s1. The van der Waals surface area contributed by atoms with Gasteiger partial charge in [0.2, 0.25) is 0 Å². The molecule has 0 bridgehead atoms. The van der Waals surface area contributed by atoms with Gasteiger partial charge in [-0.1, -0.05) is 12.6 Å². The Morgan fingerprint density at radius 3 is 2.44 bits per heavy atom. The highest BCUT2D eigenvalue weighted by molar-refractivity contribution is 7.92. The van der Waals surface area contributed by atoms with E-state index in [2.05, 4.69) is 17.4 Å². The molecule has 2 saturated carbocycles. The number of halogens is 3. The van der Waals surface area contributed by atoms with Crippen molar-refractivity contribution in [2.24, 2.45) is 12.8 Å². The van der Waals surface area contributed by atoms with Gasteiger partial charge in [-0.3, -0.25) is 4.68 Å². The van der Waals surface area contributed by atoms with Crippen LogP contribution in [-0.4, -0.2) is 35.7 Å². The van der Waals surface area contributed by atoms with Crippen molar-refractivity contribution in [3.05, 3.63) is 48.9 Å². The predicted octanol–water partition coefficient (Wildman–Crippen LogP) is 4.70. The summed E-state index contributed by atoms with van der Waals surface area (Å²) in [4.78, 5) is -0.646. The fourth-order valence-electron chi connectivity index (χ4n) is 4.01. The highest BCUT2D eigenvalue weighted by Crippen LogP contribution is 2.41. The van der Waals surface area contributed by atoms with Crippen LogP contribution in [0.5, 0.6) is 0 Å². The Morgan fingerprint density at radius 1 is 1.22 bits per heavy atom. The maximum atomic E-state index is 13.8. The zero-order chi connectivity index (χ0) is 23.5. The second-order valence-electron chi connectivity index (χ2n) is 8.14. The van der Waals surface area contributed by atoms with Crippen LogP contribution in [0.15, 0.2) is 48.3 Å². The van der Waals surface area contributed by atoms with Crippen molar-refractivity contribution in [1.82, 2.24) is 9.78 Å². The van der Waals surface area contributed by atoms with Crippen molar-refractivity contribution >= 4 is 9.84 Å². The molecule has 32 heavy (non-hydrogen) atoms. The normalized spacial score (nSPS) is 21.5. The number of nitrogens with two attached hydrogens (primary N) is 1. The van der Waals surface area contributed by atoms with Crippen LogP contribution in [0.3, 0.4) is 0 Å². The molecule has 0 spiro atoms. The third-order valence-corrected chi connectivity index (χ3v) is 8.12. The second-order valence-corrected chi connectivity index (χ2v) is 10.3. The van der Waals surface area contributed by atoms with Crippen LogP contribution in [0.2, 0.25) is 0 Å². The van der Waals surface area contributed by atoms with Gasteiger partial charge in [-0.15, -0.1) is 0 Å². The van der Waals surface area contributed by atoms with E-state index in [0.717, 1.165) is 31.4 Å². The molecule has 1 aromatic carbocycles. The smallest absolute Gasteiger partial charge is 0.405 e.